The fourth-order valence-electron chi connectivity index (χ4n) is 9.91. The van der Waals surface area contributed by atoms with Crippen LogP contribution in [0.25, 0.3) is 138 Å². The fraction of sp³-hybridized carbons (Fsp3) is 0.0167. The van der Waals surface area contributed by atoms with Gasteiger partial charge in [0.05, 0.1) is 22.3 Å². The Labute approximate surface area is 383 Å². The third kappa shape index (κ3) is 5.96. The third-order valence-corrected chi connectivity index (χ3v) is 14.2. The number of aromatic nitrogens is 4. The zero-order valence-corrected chi connectivity index (χ0v) is 36.7. The molecule has 13 aromatic rings. The van der Waals surface area contributed by atoms with E-state index in [1.807, 2.05) is 12.1 Å². The second-order valence-corrected chi connectivity index (χ2v) is 17.8. The zero-order chi connectivity index (χ0) is 43.9. The first kappa shape index (κ1) is 38.0. The standard InChI is InChI=1S/C60H38N4OS/c1-3-16-38-32-47-43-23-10-12-27-49(43)64(51(47)34-36(38)4-2)50-29-30-52-55(48-33-40-19-8-9-20-41(40)35-53(48)65-52)56(50)60-62-58(42-22-14-21-39(31-42)37-17-6-5-7-18-37)61-59(63-60)46-26-15-25-45-44-24-11-13-28-54(44)66-57(45)46/h3-35H,1H2,2H3/b36-4-,38-16-. The molecule has 66 heavy (non-hydrogen) atoms. The van der Waals surface area contributed by atoms with Crippen LogP contribution in [-0.4, -0.2) is 19.5 Å². The number of allylic oxidation sites excluding steroid dienone is 1. The van der Waals surface area contributed by atoms with Gasteiger partial charge in [0, 0.05) is 52.8 Å². The Morgan fingerprint density at radius 1 is 0.515 bits per heavy atom. The first-order chi connectivity index (χ1) is 32.6. The predicted molar refractivity (Wildman–Crippen MR) is 278 cm³/mol. The van der Waals surface area contributed by atoms with Gasteiger partial charge in [-0.05, 0) is 99.9 Å². The molecular formula is C60H38N4OS. The molecule has 0 aliphatic heterocycles. The number of hydrogen-bond acceptors (Lipinski definition) is 5. The minimum absolute atomic E-state index is 0.555. The number of hydrogen-bond donors (Lipinski definition) is 0. The van der Waals surface area contributed by atoms with Gasteiger partial charge < -0.3 is 8.98 Å². The number of nitrogens with zero attached hydrogens (tertiary/aromatic N) is 4. The van der Waals surface area contributed by atoms with Crippen LogP contribution in [0.1, 0.15) is 6.92 Å². The van der Waals surface area contributed by atoms with Crippen molar-refractivity contribution in [2.45, 2.75) is 6.92 Å². The molecule has 0 unspecified atom stereocenters. The highest BCUT2D eigenvalue weighted by Crippen LogP contribution is 2.45. The maximum atomic E-state index is 6.84. The summed E-state index contributed by atoms with van der Waals surface area (Å²) >= 11 is 1.77. The van der Waals surface area contributed by atoms with E-state index in [-0.39, 0.29) is 0 Å². The largest absolute Gasteiger partial charge is 0.456 e. The van der Waals surface area contributed by atoms with Gasteiger partial charge >= 0.3 is 0 Å². The molecule has 4 heterocycles. The van der Waals surface area contributed by atoms with E-state index in [2.05, 4.69) is 206 Å². The summed E-state index contributed by atoms with van der Waals surface area (Å²) in [6.07, 6.45) is 6.11. The van der Waals surface area contributed by atoms with Gasteiger partial charge in [-0.15, -0.1) is 11.3 Å². The monoisotopic (exact) mass is 862 g/mol. The summed E-state index contributed by atoms with van der Waals surface area (Å²) in [5.74, 6) is 1.74. The summed E-state index contributed by atoms with van der Waals surface area (Å²) in [6.45, 7) is 6.13. The van der Waals surface area contributed by atoms with Crippen LogP contribution < -0.4 is 10.4 Å². The molecule has 5 nitrogen and oxygen atoms in total. The molecule has 0 saturated heterocycles. The SMILES string of the molecule is C=C/C=c1/cc2c3ccccc3n(-c3ccc4oc5cc6ccccc6cc5c4c3-c3nc(-c4cccc(-c5ccccc5)c4)nc(-c4cccc5c4sc4ccccc45)n3)c2c/c1=C/C. The summed E-state index contributed by atoms with van der Waals surface area (Å²) in [6, 6.07) is 64.4. The van der Waals surface area contributed by atoms with Gasteiger partial charge in [-0.1, -0.05) is 146 Å². The number of para-hydroxylation sites is 1. The van der Waals surface area contributed by atoms with E-state index in [0.717, 1.165) is 103 Å². The summed E-state index contributed by atoms with van der Waals surface area (Å²) in [5.41, 5.74) is 9.57. The van der Waals surface area contributed by atoms with Gasteiger partial charge in [0.2, 0.25) is 0 Å². The normalized spacial score (nSPS) is 12.6. The van der Waals surface area contributed by atoms with Crippen LogP contribution in [-0.2, 0) is 0 Å². The van der Waals surface area contributed by atoms with E-state index >= 15 is 0 Å². The van der Waals surface area contributed by atoms with Gasteiger partial charge in [0.15, 0.2) is 17.5 Å². The van der Waals surface area contributed by atoms with Crippen molar-refractivity contribution in [3.8, 4) is 51.0 Å². The minimum atomic E-state index is 0.555. The molecule has 0 spiro atoms. The Bertz CT molecular complexity index is 4270. The van der Waals surface area contributed by atoms with Gasteiger partial charge in [-0.3, -0.25) is 0 Å². The maximum absolute atomic E-state index is 6.84. The lowest BCUT2D eigenvalue weighted by molar-refractivity contribution is 0.669. The topological polar surface area (TPSA) is 56.7 Å². The lowest BCUT2D eigenvalue weighted by Gasteiger charge is -2.16. The van der Waals surface area contributed by atoms with E-state index in [1.54, 1.807) is 11.3 Å². The van der Waals surface area contributed by atoms with E-state index in [0.29, 0.717) is 17.5 Å². The van der Waals surface area contributed by atoms with E-state index < -0.39 is 0 Å². The average Bonchev–Trinajstić information content (AvgIpc) is 4.04. The Balaban J connectivity index is 1.19. The molecule has 0 saturated carbocycles. The maximum Gasteiger partial charge on any atom is 0.166 e. The quantitative estimate of drug-likeness (QED) is 0.167. The Kier molecular flexibility index (Phi) is 8.70. The molecule has 310 valence electrons. The van der Waals surface area contributed by atoms with E-state index in [4.69, 9.17) is 19.4 Å². The van der Waals surface area contributed by atoms with Crippen LogP contribution in [0.5, 0.6) is 0 Å². The van der Waals surface area contributed by atoms with Crippen molar-refractivity contribution in [2.75, 3.05) is 0 Å². The lowest BCUT2D eigenvalue weighted by Crippen LogP contribution is -2.23. The summed E-state index contributed by atoms with van der Waals surface area (Å²) in [7, 11) is 0. The highest BCUT2D eigenvalue weighted by atomic mass is 32.1. The Morgan fingerprint density at radius 3 is 2.09 bits per heavy atom. The van der Waals surface area contributed by atoms with Crippen LogP contribution >= 0.6 is 11.3 Å². The first-order valence-corrected chi connectivity index (χ1v) is 23.0. The van der Waals surface area contributed by atoms with Gasteiger partial charge in [0.1, 0.15) is 11.2 Å². The molecule has 0 aliphatic rings. The molecule has 0 radical (unpaired) electrons. The minimum Gasteiger partial charge on any atom is -0.456 e. The number of furan rings is 1. The predicted octanol–water partition coefficient (Wildman–Crippen LogP) is 14.8. The molecule has 0 fully saturated rings. The zero-order valence-electron chi connectivity index (χ0n) is 35.9. The number of rotatable bonds is 6. The molecule has 0 N–H and O–H groups in total. The van der Waals surface area contributed by atoms with Crippen molar-refractivity contribution in [3.05, 3.63) is 205 Å². The molecule has 0 bridgehead atoms. The van der Waals surface area contributed by atoms with Crippen LogP contribution in [0, 0.1) is 0 Å². The van der Waals surface area contributed by atoms with Crippen molar-refractivity contribution in [3.63, 3.8) is 0 Å². The molecule has 0 atom stereocenters. The molecule has 9 aromatic carbocycles. The van der Waals surface area contributed by atoms with Crippen LogP contribution in [0.2, 0.25) is 0 Å². The second kappa shape index (κ2) is 15.1. The van der Waals surface area contributed by atoms with E-state index in [1.165, 1.54) is 15.5 Å². The van der Waals surface area contributed by atoms with Gasteiger partial charge in [-0.2, -0.15) is 0 Å². The van der Waals surface area contributed by atoms with Crippen molar-refractivity contribution in [1.82, 2.24) is 19.5 Å². The van der Waals surface area contributed by atoms with Crippen LogP contribution in [0.4, 0.5) is 0 Å². The van der Waals surface area contributed by atoms with Gasteiger partial charge in [-0.25, -0.2) is 15.0 Å². The summed E-state index contributed by atoms with van der Waals surface area (Å²) in [4.78, 5) is 16.6. The first-order valence-electron chi connectivity index (χ1n) is 22.2. The number of thiophene rings is 1. The highest BCUT2D eigenvalue weighted by molar-refractivity contribution is 7.26. The Morgan fingerprint density at radius 2 is 1.23 bits per heavy atom. The van der Waals surface area contributed by atoms with Crippen molar-refractivity contribution >= 4 is 98.2 Å². The molecule has 0 aliphatic carbocycles. The van der Waals surface area contributed by atoms with Gasteiger partial charge in [0.25, 0.3) is 0 Å². The van der Waals surface area contributed by atoms with Crippen molar-refractivity contribution in [1.29, 1.82) is 0 Å². The molecule has 0 amide bonds. The van der Waals surface area contributed by atoms with Crippen molar-refractivity contribution < 1.29 is 4.42 Å². The Hall–Kier alpha value is -8.45. The number of fused-ring (bicyclic) bond motifs is 10. The van der Waals surface area contributed by atoms with Crippen LogP contribution in [0.15, 0.2) is 199 Å². The third-order valence-electron chi connectivity index (χ3n) is 12.9. The smallest absolute Gasteiger partial charge is 0.166 e. The van der Waals surface area contributed by atoms with Crippen molar-refractivity contribution in [2.24, 2.45) is 0 Å². The molecular weight excluding hydrogens is 825 g/mol. The average molecular weight is 863 g/mol. The lowest BCUT2D eigenvalue weighted by atomic mass is 10.00. The fourth-order valence-corrected chi connectivity index (χ4v) is 11.1. The second-order valence-electron chi connectivity index (χ2n) is 16.7. The number of benzene rings is 9. The van der Waals surface area contributed by atoms with E-state index in [9.17, 15) is 0 Å². The summed E-state index contributed by atoms with van der Waals surface area (Å²) in [5, 5.41) is 11.1. The van der Waals surface area contributed by atoms with Crippen LogP contribution in [0.3, 0.4) is 0 Å². The summed E-state index contributed by atoms with van der Waals surface area (Å²) < 4.78 is 11.6. The highest BCUT2D eigenvalue weighted by Gasteiger charge is 2.25. The molecule has 13 rings (SSSR count). The molecule has 6 heteroatoms. The molecule has 4 aromatic heterocycles.